The van der Waals surface area contributed by atoms with Gasteiger partial charge < -0.3 is 20.1 Å². The van der Waals surface area contributed by atoms with Crippen LogP contribution in [-0.4, -0.2) is 34.4 Å². The van der Waals surface area contributed by atoms with Crippen molar-refractivity contribution >= 4 is 56.8 Å². The van der Waals surface area contributed by atoms with Gasteiger partial charge in [-0.2, -0.15) is 4.98 Å². The zero-order valence-corrected chi connectivity index (χ0v) is 29.2. The number of allylic oxidation sites excluding steroid dienone is 1. The van der Waals surface area contributed by atoms with Gasteiger partial charge in [0.2, 0.25) is 11.1 Å². The number of para-hydroxylation sites is 1. The molecule has 240 valence electrons. The molecule has 0 bridgehead atoms. The quantitative estimate of drug-likeness (QED) is 0.131. The maximum Gasteiger partial charge on any atom is 0.255 e. The van der Waals surface area contributed by atoms with Crippen molar-refractivity contribution in [1.29, 1.82) is 0 Å². The third-order valence-electron chi connectivity index (χ3n) is 7.83. The van der Waals surface area contributed by atoms with E-state index in [4.69, 9.17) is 31.2 Å². The van der Waals surface area contributed by atoms with Crippen LogP contribution < -0.4 is 20.1 Å². The average Bonchev–Trinajstić information content (AvgIpc) is 3.48. The van der Waals surface area contributed by atoms with E-state index in [2.05, 4.69) is 38.7 Å². The second-order valence-corrected chi connectivity index (χ2v) is 13.2. The summed E-state index contributed by atoms with van der Waals surface area (Å²) in [6.07, 6.45) is 0.745. The summed E-state index contributed by atoms with van der Waals surface area (Å²) < 4.78 is 14.5. The molecule has 11 heteroatoms. The number of benzene rings is 4. The first kappa shape index (κ1) is 32.7. The van der Waals surface area contributed by atoms with Crippen LogP contribution >= 0.6 is 39.3 Å². The van der Waals surface area contributed by atoms with Gasteiger partial charge in [-0.05, 0) is 76.3 Å². The first-order valence-corrected chi connectivity index (χ1v) is 17.2. The highest BCUT2D eigenvalue weighted by Gasteiger charge is 2.35. The SMILES string of the molecule is COc1cc(C2C(C(=O)Nc3ccccc3C)=C(C)Nc3nc(SCc4ccccc4Cl)nn32)cc(Br)c1OCCc1ccccc1. The Balaban J connectivity index is 1.36. The van der Waals surface area contributed by atoms with Crippen molar-refractivity contribution < 1.29 is 14.3 Å². The van der Waals surface area contributed by atoms with Crippen LogP contribution in [0.25, 0.3) is 0 Å². The second-order valence-electron chi connectivity index (χ2n) is 11.0. The zero-order valence-electron chi connectivity index (χ0n) is 26.1. The van der Waals surface area contributed by atoms with E-state index in [1.54, 1.807) is 11.8 Å². The second kappa shape index (κ2) is 14.7. The standard InChI is InChI=1S/C36H33BrClN5O3S/c1-22-11-7-10-16-29(22)40-34(44)31-23(2)39-35-41-36(47-21-25-14-8-9-15-28(25)38)42-43(35)32(31)26-19-27(37)33(30(20-26)45-3)46-18-17-24-12-5-4-6-13-24/h4-16,19-20,32H,17-18,21H2,1-3H3,(H,40,44)(H,39,41,42). The van der Waals surface area contributed by atoms with Gasteiger partial charge in [-0.3, -0.25) is 4.79 Å². The number of fused-ring (bicyclic) bond motifs is 1. The zero-order chi connectivity index (χ0) is 32.9. The number of ether oxygens (including phenoxy) is 2. The highest BCUT2D eigenvalue weighted by atomic mass is 79.9. The summed E-state index contributed by atoms with van der Waals surface area (Å²) in [4.78, 5) is 18.9. The van der Waals surface area contributed by atoms with Crippen molar-refractivity contribution in [3.05, 3.63) is 134 Å². The lowest BCUT2D eigenvalue weighted by Crippen LogP contribution is -2.31. The number of hydrogen-bond donors (Lipinski definition) is 2. The Morgan fingerprint density at radius 1 is 1.04 bits per heavy atom. The third-order valence-corrected chi connectivity index (χ3v) is 9.68. The number of rotatable bonds is 11. The predicted molar refractivity (Wildman–Crippen MR) is 192 cm³/mol. The van der Waals surface area contributed by atoms with Gasteiger partial charge in [0.25, 0.3) is 5.91 Å². The maximum atomic E-state index is 14.1. The Labute approximate surface area is 291 Å². The van der Waals surface area contributed by atoms with E-state index >= 15 is 0 Å². The molecule has 0 fully saturated rings. The minimum Gasteiger partial charge on any atom is -0.493 e. The Kier molecular flexibility index (Phi) is 10.2. The van der Waals surface area contributed by atoms with Crippen molar-refractivity contribution in [2.24, 2.45) is 0 Å². The molecule has 47 heavy (non-hydrogen) atoms. The van der Waals surface area contributed by atoms with E-state index in [0.29, 0.717) is 55.7 Å². The summed E-state index contributed by atoms with van der Waals surface area (Å²) in [6.45, 7) is 4.31. The number of anilines is 2. The van der Waals surface area contributed by atoms with Crippen LogP contribution in [0.3, 0.4) is 0 Å². The van der Waals surface area contributed by atoms with E-state index in [0.717, 1.165) is 28.8 Å². The number of carbonyl (C=O) groups is 1. The number of hydrogen-bond acceptors (Lipinski definition) is 7. The lowest BCUT2D eigenvalue weighted by Gasteiger charge is -2.29. The Morgan fingerprint density at radius 2 is 1.79 bits per heavy atom. The minimum absolute atomic E-state index is 0.251. The average molecular weight is 731 g/mol. The molecule has 1 aromatic heterocycles. The number of methoxy groups -OCH3 is 1. The topological polar surface area (TPSA) is 90.3 Å². The normalized spacial score (nSPS) is 13.9. The molecule has 2 N–H and O–H groups in total. The number of amides is 1. The predicted octanol–water partition coefficient (Wildman–Crippen LogP) is 8.85. The number of carbonyl (C=O) groups excluding carboxylic acids is 1. The van der Waals surface area contributed by atoms with Gasteiger partial charge >= 0.3 is 0 Å². The van der Waals surface area contributed by atoms with Gasteiger partial charge in [0.1, 0.15) is 6.04 Å². The van der Waals surface area contributed by atoms with Crippen LogP contribution in [-0.2, 0) is 17.0 Å². The van der Waals surface area contributed by atoms with Crippen LogP contribution in [0.1, 0.15) is 35.2 Å². The van der Waals surface area contributed by atoms with Gasteiger partial charge in [0.05, 0.1) is 23.8 Å². The van der Waals surface area contributed by atoms with E-state index in [-0.39, 0.29) is 5.91 Å². The fraction of sp³-hybridized carbons (Fsp3) is 0.194. The smallest absolute Gasteiger partial charge is 0.255 e. The Morgan fingerprint density at radius 3 is 2.55 bits per heavy atom. The van der Waals surface area contributed by atoms with E-state index < -0.39 is 6.04 Å². The van der Waals surface area contributed by atoms with Crippen molar-refractivity contribution in [3.8, 4) is 11.5 Å². The van der Waals surface area contributed by atoms with Gasteiger partial charge in [-0.25, -0.2) is 4.68 Å². The monoisotopic (exact) mass is 729 g/mol. The molecule has 0 saturated heterocycles. The Hall–Kier alpha value is -4.25. The van der Waals surface area contributed by atoms with Crippen LogP contribution in [0.15, 0.2) is 112 Å². The largest absolute Gasteiger partial charge is 0.493 e. The fourth-order valence-corrected chi connectivity index (χ4v) is 7.10. The van der Waals surface area contributed by atoms with E-state index in [1.807, 2.05) is 92.7 Å². The van der Waals surface area contributed by atoms with Crippen LogP contribution in [0.2, 0.25) is 5.02 Å². The summed E-state index contributed by atoms with van der Waals surface area (Å²) >= 11 is 11.6. The number of nitrogens with one attached hydrogen (secondary N) is 2. The lowest BCUT2D eigenvalue weighted by atomic mass is 9.94. The minimum atomic E-state index is -0.624. The number of nitrogens with zero attached hydrogens (tertiary/aromatic N) is 3. The van der Waals surface area contributed by atoms with Gasteiger partial charge in [-0.15, -0.1) is 5.10 Å². The molecule has 1 aliphatic heterocycles. The third kappa shape index (κ3) is 7.35. The molecule has 6 rings (SSSR count). The lowest BCUT2D eigenvalue weighted by molar-refractivity contribution is -0.113. The molecule has 1 aliphatic rings. The molecule has 4 aromatic carbocycles. The molecule has 0 radical (unpaired) electrons. The molecule has 8 nitrogen and oxygen atoms in total. The molecule has 2 heterocycles. The van der Waals surface area contributed by atoms with Crippen molar-refractivity contribution in [2.75, 3.05) is 24.4 Å². The summed E-state index contributed by atoms with van der Waals surface area (Å²) in [5, 5.41) is 12.6. The van der Waals surface area contributed by atoms with Gasteiger partial charge in [0.15, 0.2) is 11.5 Å². The first-order valence-electron chi connectivity index (χ1n) is 15.0. The number of aryl methyl sites for hydroxylation is 1. The highest BCUT2D eigenvalue weighted by Crippen LogP contribution is 2.43. The molecule has 0 spiro atoms. The summed E-state index contributed by atoms with van der Waals surface area (Å²) in [5.74, 6) is 1.99. The number of thioether (sulfide) groups is 1. The molecule has 5 aromatic rings. The van der Waals surface area contributed by atoms with Crippen LogP contribution in [0.5, 0.6) is 11.5 Å². The van der Waals surface area contributed by atoms with Crippen molar-refractivity contribution in [2.45, 2.75) is 37.2 Å². The van der Waals surface area contributed by atoms with Gasteiger partial charge in [-0.1, -0.05) is 90.1 Å². The van der Waals surface area contributed by atoms with E-state index in [9.17, 15) is 4.79 Å². The molecule has 1 amide bonds. The molecule has 0 saturated carbocycles. The molecule has 1 atom stereocenters. The van der Waals surface area contributed by atoms with Crippen LogP contribution in [0.4, 0.5) is 11.6 Å². The molecular formula is C36H33BrClN5O3S. The first-order chi connectivity index (χ1) is 22.8. The summed E-state index contributed by atoms with van der Waals surface area (Å²) in [7, 11) is 1.61. The molecule has 0 aliphatic carbocycles. The number of aromatic nitrogens is 3. The van der Waals surface area contributed by atoms with E-state index in [1.165, 1.54) is 17.3 Å². The maximum absolute atomic E-state index is 14.1. The molecule has 1 unspecified atom stereocenters. The highest BCUT2D eigenvalue weighted by molar-refractivity contribution is 9.10. The van der Waals surface area contributed by atoms with Crippen LogP contribution in [0, 0.1) is 6.92 Å². The number of halogens is 2. The summed E-state index contributed by atoms with van der Waals surface area (Å²) in [6, 6.07) is 28.8. The van der Waals surface area contributed by atoms with Crippen molar-refractivity contribution in [1.82, 2.24) is 14.8 Å². The summed E-state index contributed by atoms with van der Waals surface area (Å²) in [5.41, 5.74) is 5.80. The molecular weight excluding hydrogens is 698 g/mol. The fourth-order valence-electron chi connectivity index (χ4n) is 5.41. The Bertz CT molecular complexity index is 1950. The van der Waals surface area contributed by atoms with Gasteiger partial charge in [0, 0.05) is 28.6 Å². The van der Waals surface area contributed by atoms with Crippen molar-refractivity contribution in [3.63, 3.8) is 0 Å².